The summed E-state index contributed by atoms with van der Waals surface area (Å²) in [7, 11) is -0.989. The first-order valence-corrected chi connectivity index (χ1v) is 13.0. The number of hydrogen-bond acceptors (Lipinski definition) is 3. The standard InChI is InChI=1S/C30H29O3P/c1-2-33-29(32)30(25-17-9-4-10-18-25,28(31)24-15-7-3-8-16-24)23-34(26-19-11-5-12-20-26)27-21-13-6-14-22-27/h3-22,28,31H,2,23H2,1H3. The molecule has 2 unspecified atom stereocenters. The molecule has 4 rings (SSSR count). The zero-order valence-electron chi connectivity index (χ0n) is 19.2. The molecule has 0 spiro atoms. The molecule has 3 nitrogen and oxygen atoms in total. The molecular formula is C30H29O3P. The lowest BCUT2D eigenvalue weighted by molar-refractivity contribution is -0.154. The molecule has 0 radical (unpaired) electrons. The van der Waals surface area contributed by atoms with Gasteiger partial charge in [0.2, 0.25) is 0 Å². The minimum Gasteiger partial charge on any atom is -0.465 e. The molecule has 0 aliphatic carbocycles. The molecule has 4 heteroatoms. The Kier molecular flexibility index (Phi) is 7.90. The van der Waals surface area contributed by atoms with Crippen LogP contribution in [0.1, 0.15) is 24.2 Å². The van der Waals surface area contributed by atoms with Crippen LogP contribution in [0.15, 0.2) is 121 Å². The fourth-order valence-corrected chi connectivity index (χ4v) is 7.05. The van der Waals surface area contributed by atoms with Crippen LogP contribution in [0.4, 0.5) is 0 Å². The van der Waals surface area contributed by atoms with Gasteiger partial charge < -0.3 is 9.84 Å². The van der Waals surface area contributed by atoms with Crippen LogP contribution in [-0.2, 0) is 14.9 Å². The zero-order chi connectivity index (χ0) is 23.8. The van der Waals surface area contributed by atoms with Crippen molar-refractivity contribution in [2.75, 3.05) is 12.8 Å². The van der Waals surface area contributed by atoms with Gasteiger partial charge in [0, 0.05) is 0 Å². The van der Waals surface area contributed by atoms with Crippen LogP contribution in [0, 0.1) is 0 Å². The number of benzene rings is 4. The van der Waals surface area contributed by atoms with Crippen molar-refractivity contribution >= 4 is 24.5 Å². The summed E-state index contributed by atoms with van der Waals surface area (Å²) in [5.41, 5.74) is 0.162. The van der Waals surface area contributed by atoms with E-state index >= 15 is 0 Å². The molecule has 0 saturated carbocycles. The molecule has 0 bridgehead atoms. The number of aliphatic hydroxyl groups excluding tert-OH is 1. The molecule has 1 N–H and O–H groups in total. The smallest absolute Gasteiger partial charge is 0.319 e. The SMILES string of the molecule is CCOC(=O)C(CP(c1ccccc1)c1ccccc1)(c1ccccc1)C(O)c1ccccc1. The van der Waals surface area contributed by atoms with Crippen molar-refractivity contribution in [3.05, 3.63) is 132 Å². The highest BCUT2D eigenvalue weighted by molar-refractivity contribution is 7.73. The monoisotopic (exact) mass is 468 g/mol. The lowest BCUT2D eigenvalue weighted by Crippen LogP contribution is -2.47. The average Bonchev–Trinajstić information content (AvgIpc) is 2.91. The number of aliphatic hydroxyl groups is 1. The number of carbonyl (C=O) groups is 1. The number of rotatable bonds is 9. The van der Waals surface area contributed by atoms with Crippen LogP contribution < -0.4 is 10.6 Å². The van der Waals surface area contributed by atoms with E-state index < -0.39 is 25.4 Å². The molecule has 0 aliphatic heterocycles. The third kappa shape index (κ3) is 4.97. The van der Waals surface area contributed by atoms with Crippen LogP contribution in [0.25, 0.3) is 0 Å². The number of esters is 1. The molecule has 0 aliphatic rings. The Morgan fingerprint density at radius 2 is 1.21 bits per heavy atom. The maximum atomic E-state index is 13.9. The van der Waals surface area contributed by atoms with Gasteiger partial charge in [-0.05, 0) is 42.7 Å². The third-order valence-corrected chi connectivity index (χ3v) is 8.71. The van der Waals surface area contributed by atoms with E-state index in [0.29, 0.717) is 11.7 Å². The summed E-state index contributed by atoms with van der Waals surface area (Å²) in [6, 6.07) is 39.5. The van der Waals surface area contributed by atoms with E-state index in [2.05, 4.69) is 24.3 Å². The normalized spacial score (nSPS) is 13.7. The molecule has 0 heterocycles. The molecule has 172 valence electrons. The number of ether oxygens (including phenoxy) is 1. The predicted octanol–water partition coefficient (Wildman–Crippen LogP) is 5.35. The summed E-state index contributed by atoms with van der Waals surface area (Å²) in [5, 5.41) is 14.2. The largest absolute Gasteiger partial charge is 0.465 e. The van der Waals surface area contributed by atoms with Gasteiger partial charge in [-0.2, -0.15) is 0 Å². The second-order valence-electron chi connectivity index (χ2n) is 8.13. The molecule has 4 aromatic carbocycles. The number of carbonyl (C=O) groups excluding carboxylic acids is 1. The summed E-state index contributed by atoms with van der Waals surface area (Å²) in [6.07, 6.45) is -0.664. The van der Waals surface area contributed by atoms with Crippen LogP contribution in [-0.4, -0.2) is 23.8 Å². The van der Waals surface area contributed by atoms with Crippen molar-refractivity contribution in [3.63, 3.8) is 0 Å². The van der Waals surface area contributed by atoms with Crippen LogP contribution in [0.5, 0.6) is 0 Å². The van der Waals surface area contributed by atoms with Gasteiger partial charge in [0.1, 0.15) is 5.41 Å². The van der Waals surface area contributed by atoms with E-state index in [1.54, 1.807) is 6.92 Å². The maximum Gasteiger partial charge on any atom is 0.319 e. The molecule has 0 fully saturated rings. The van der Waals surface area contributed by atoms with E-state index in [0.717, 1.165) is 16.2 Å². The fourth-order valence-electron chi connectivity index (χ4n) is 4.34. The van der Waals surface area contributed by atoms with Gasteiger partial charge in [-0.15, -0.1) is 0 Å². The Labute approximate surface area is 202 Å². The first-order valence-electron chi connectivity index (χ1n) is 11.5. The van der Waals surface area contributed by atoms with Crippen LogP contribution in [0.2, 0.25) is 0 Å². The van der Waals surface area contributed by atoms with Gasteiger partial charge in [0.15, 0.2) is 0 Å². The van der Waals surface area contributed by atoms with Crippen molar-refractivity contribution in [3.8, 4) is 0 Å². The molecular weight excluding hydrogens is 439 g/mol. The quantitative estimate of drug-likeness (QED) is 0.266. The summed E-state index contributed by atoms with van der Waals surface area (Å²) in [5.74, 6) is -0.406. The Morgan fingerprint density at radius 3 is 1.68 bits per heavy atom. The zero-order valence-corrected chi connectivity index (χ0v) is 20.1. The van der Waals surface area contributed by atoms with Gasteiger partial charge >= 0.3 is 5.97 Å². The van der Waals surface area contributed by atoms with Crippen molar-refractivity contribution < 1.29 is 14.6 Å². The summed E-state index contributed by atoms with van der Waals surface area (Å²) in [6.45, 7) is 2.04. The lowest BCUT2D eigenvalue weighted by Gasteiger charge is -2.39. The molecule has 34 heavy (non-hydrogen) atoms. The minimum absolute atomic E-state index is 0.240. The lowest BCUT2D eigenvalue weighted by atomic mass is 9.74. The van der Waals surface area contributed by atoms with Gasteiger partial charge in [0.25, 0.3) is 0 Å². The average molecular weight is 469 g/mol. The second kappa shape index (κ2) is 11.2. The molecule has 2 atom stereocenters. The first kappa shape index (κ1) is 23.9. The fraction of sp³-hybridized carbons (Fsp3) is 0.167. The van der Waals surface area contributed by atoms with Crippen LogP contribution in [0.3, 0.4) is 0 Å². The van der Waals surface area contributed by atoms with E-state index in [-0.39, 0.29) is 6.61 Å². The minimum atomic E-state index is -1.28. The van der Waals surface area contributed by atoms with Gasteiger partial charge in [-0.25, -0.2) is 0 Å². The topological polar surface area (TPSA) is 46.5 Å². The van der Waals surface area contributed by atoms with Gasteiger partial charge in [-0.1, -0.05) is 121 Å². The van der Waals surface area contributed by atoms with Crippen LogP contribution >= 0.6 is 7.92 Å². The summed E-state index contributed by atoms with van der Waals surface area (Å²) >= 11 is 0. The molecule has 0 saturated heterocycles. The van der Waals surface area contributed by atoms with E-state index in [1.807, 2.05) is 97.1 Å². The van der Waals surface area contributed by atoms with Crippen molar-refractivity contribution in [1.82, 2.24) is 0 Å². The molecule has 4 aromatic rings. The molecule has 0 amide bonds. The van der Waals surface area contributed by atoms with Gasteiger partial charge in [0.05, 0.1) is 12.7 Å². The van der Waals surface area contributed by atoms with E-state index in [4.69, 9.17) is 4.74 Å². The Bertz CT molecular complexity index is 1130. The predicted molar refractivity (Wildman–Crippen MR) is 140 cm³/mol. The molecule has 0 aromatic heterocycles. The van der Waals surface area contributed by atoms with Crippen molar-refractivity contribution in [2.45, 2.75) is 18.4 Å². The second-order valence-corrected chi connectivity index (χ2v) is 10.3. The van der Waals surface area contributed by atoms with Crippen molar-refractivity contribution in [1.29, 1.82) is 0 Å². The number of hydrogen-bond donors (Lipinski definition) is 1. The van der Waals surface area contributed by atoms with Gasteiger partial charge in [-0.3, -0.25) is 4.79 Å². The Morgan fingerprint density at radius 1 is 0.765 bits per heavy atom. The summed E-state index contributed by atoms with van der Waals surface area (Å²) < 4.78 is 5.69. The summed E-state index contributed by atoms with van der Waals surface area (Å²) in [4.78, 5) is 13.9. The highest BCUT2D eigenvalue weighted by Crippen LogP contribution is 2.48. The highest BCUT2D eigenvalue weighted by atomic mass is 31.1. The maximum absolute atomic E-state index is 13.9. The highest BCUT2D eigenvalue weighted by Gasteiger charge is 2.50. The Hall–Kier alpha value is -3.26. The first-order chi connectivity index (χ1) is 16.7. The third-order valence-electron chi connectivity index (χ3n) is 6.05. The van der Waals surface area contributed by atoms with E-state index in [1.165, 1.54) is 0 Å². The Balaban J connectivity index is 1.94. The van der Waals surface area contributed by atoms with Crippen molar-refractivity contribution in [2.24, 2.45) is 0 Å². The van der Waals surface area contributed by atoms with E-state index in [9.17, 15) is 9.90 Å².